The van der Waals surface area contributed by atoms with Gasteiger partial charge in [-0.15, -0.1) is 0 Å². The zero-order chi connectivity index (χ0) is 14.6. The van der Waals surface area contributed by atoms with Gasteiger partial charge in [0.25, 0.3) is 0 Å². The van der Waals surface area contributed by atoms with Crippen LogP contribution in [0, 0.1) is 0 Å². The van der Waals surface area contributed by atoms with Crippen LogP contribution in [0.5, 0.6) is 5.75 Å². The number of methoxy groups -OCH3 is 1. The maximum absolute atomic E-state index is 12.9. The summed E-state index contributed by atoms with van der Waals surface area (Å²) in [6.45, 7) is 3.53. The number of para-hydroxylation sites is 1. The molecule has 0 aliphatic carbocycles. The summed E-state index contributed by atoms with van der Waals surface area (Å²) in [6, 6.07) is 6.65. The second-order valence-corrected chi connectivity index (χ2v) is 6.90. The zero-order valence-electron chi connectivity index (χ0n) is 11.8. The fraction of sp³-hybridized carbons (Fsp3) is 0.571. The Bertz CT molecular complexity index is 542. The summed E-state index contributed by atoms with van der Waals surface area (Å²) in [6.07, 6.45) is 0.701. The van der Waals surface area contributed by atoms with Crippen molar-refractivity contribution in [2.75, 3.05) is 26.9 Å². The van der Waals surface area contributed by atoms with E-state index in [0.29, 0.717) is 18.8 Å². The molecule has 0 radical (unpaired) electrons. The van der Waals surface area contributed by atoms with Gasteiger partial charge in [0.2, 0.25) is 0 Å². The van der Waals surface area contributed by atoms with Crippen molar-refractivity contribution in [3.63, 3.8) is 0 Å². The Labute approximate surface area is 120 Å². The second-order valence-electron chi connectivity index (χ2n) is 4.76. The smallest absolute Gasteiger partial charge is 0.188 e. The molecule has 0 aromatic heterocycles. The first-order valence-electron chi connectivity index (χ1n) is 6.79. The van der Waals surface area contributed by atoms with Gasteiger partial charge in [0.05, 0.1) is 13.7 Å². The minimum atomic E-state index is -3.49. The molecule has 1 aliphatic heterocycles. The number of hydrogen-bond acceptors (Lipinski definition) is 5. The SMILES string of the molecule is CCNC1CCOCC1S(=O)(=O)c1ccccc1OC. The first-order chi connectivity index (χ1) is 9.61. The molecule has 0 amide bonds. The fourth-order valence-corrected chi connectivity index (χ4v) is 4.50. The predicted octanol–water partition coefficient (Wildman–Crippen LogP) is 1.24. The van der Waals surface area contributed by atoms with Crippen LogP contribution in [0.1, 0.15) is 13.3 Å². The molecule has 1 saturated heterocycles. The van der Waals surface area contributed by atoms with Gasteiger partial charge in [0.15, 0.2) is 9.84 Å². The van der Waals surface area contributed by atoms with E-state index in [1.165, 1.54) is 7.11 Å². The van der Waals surface area contributed by atoms with Crippen LogP contribution in [0.3, 0.4) is 0 Å². The lowest BCUT2D eigenvalue weighted by Gasteiger charge is -2.32. The van der Waals surface area contributed by atoms with Crippen molar-refractivity contribution in [3.8, 4) is 5.75 Å². The average Bonchev–Trinajstić information content (AvgIpc) is 2.48. The Kier molecular flexibility index (Phi) is 5.01. The summed E-state index contributed by atoms with van der Waals surface area (Å²) in [5.41, 5.74) is 0. The third-order valence-corrected chi connectivity index (χ3v) is 5.76. The van der Waals surface area contributed by atoms with Crippen molar-refractivity contribution in [2.24, 2.45) is 0 Å². The first-order valence-corrected chi connectivity index (χ1v) is 8.34. The second kappa shape index (κ2) is 6.56. The van der Waals surface area contributed by atoms with E-state index in [1.807, 2.05) is 6.92 Å². The minimum absolute atomic E-state index is 0.0799. The highest BCUT2D eigenvalue weighted by molar-refractivity contribution is 7.92. The Balaban J connectivity index is 2.37. The van der Waals surface area contributed by atoms with Crippen LogP contribution in [0.25, 0.3) is 0 Å². The van der Waals surface area contributed by atoms with Gasteiger partial charge in [-0.05, 0) is 25.1 Å². The maximum atomic E-state index is 12.9. The van der Waals surface area contributed by atoms with Crippen LogP contribution in [-0.2, 0) is 14.6 Å². The molecular formula is C14H21NO4S. The summed E-state index contributed by atoms with van der Waals surface area (Å²) in [5, 5.41) is 2.67. The molecule has 1 aliphatic rings. The summed E-state index contributed by atoms with van der Waals surface area (Å²) in [5.74, 6) is 0.383. The Morgan fingerprint density at radius 2 is 2.15 bits per heavy atom. The third kappa shape index (κ3) is 2.97. The quantitative estimate of drug-likeness (QED) is 0.886. The molecule has 1 heterocycles. The standard InChI is InChI=1S/C14H21NO4S/c1-3-15-11-8-9-19-10-14(11)20(16,17)13-7-5-4-6-12(13)18-2/h4-7,11,14-15H,3,8-10H2,1-2H3. The van der Waals surface area contributed by atoms with Gasteiger partial charge in [0, 0.05) is 12.6 Å². The van der Waals surface area contributed by atoms with Crippen molar-refractivity contribution >= 4 is 9.84 Å². The van der Waals surface area contributed by atoms with Crippen molar-refractivity contribution in [2.45, 2.75) is 29.5 Å². The minimum Gasteiger partial charge on any atom is -0.495 e. The van der Waals surface area contributed by atoms with Gasteiger partial charge >= 0.3 is 0 Å². The Morgan fingerprint density at radius 1 is 1.40 bits per heavy atom. The number of sulfone groups is 1. The molecule has 1 N–H and O–H groups in total. The molecule has 5 nitrogen and oxygen atoms in total. The topological polar surface area (TPSA) is 64.6 Å². The molecule has 1 fully saturated rings. The third-order valence-electron chi connectivity index (χ3n) is 3.54. The normalized spacial score (nSPS) is 23.5. The maximum Gasteiger partial charge on any atom is 0.188 e. The van der Waals surface area contributed by atoms with E-state index in [1.54, 1.807) is 24.3 Å². The lowest BCUT2D eigenvalue weighted by molar-refractivity contribution is 0.0811. The van der Waals surface area contributed by atoms with Crippen LogP contribution in [0.15, 0.2) is 29.2 Å². The Morgan fingerprint density at radius 3 is 2.85 bits per heavy atom. The van der Waals surface area contributed by atoms with Gasteiger partial charge in [-0.1, -0.05) is 19.1 Å². The molecule has 1 aromatic rings. The van der Waals surface area contributed by atoms with Crippen LogP contribution < -0.4 is 10.1 Å². The van der Waals surface area contributed by atoms with E-state index >= 15 is 0 Å². The molecule has 0 bridgehead atoms. The summed E-state index contributed by atoms with van der Waals surface area (Å²) in [4.78, 5) is 0.237. The molecule has 6 heteroatoms. The van der Waals surface area contributed by atoms with Gasteiger partial charge in [-0.25, -0.2) is 8.42 Å². The fourth-order valence-electron chi connectivity index (χ4n) is 2.53. The number of nitrogens with one attached hydrogen (secondary N) is 1. The lowest BCUT2D eigenvalue weighted by Crippen LogP contribution is -2.50. The molecule has 112 valence electrons. The highest BCUT2D eigenvalue weighted by Crippen LogP contribution is 2.29. The monoisotopic (exact) mass is 299 g/mol. The molecule has 2 unspecified atom stereocenters. The van der Waals surface area contributed by atoms with Crippen molar-refractivity contribution in [1.29, 1.82) is 0 Å². The van der Waals surface area contributed by atoms with E-state index in [4.69, 9.17) is 9.47 Å². The van der Waals surface area contributed by atoms with E-state index in [2.05, 4.69) is 5.32 Å². The zero-order valence-corrected chi connectivity index (χ0v) is 12.7. The van der Waals surface area contributed by atoms with Crippen molar-refractivity contribution < 1.29 is 17.9 Å². The molecule has 1 aromatic carbocycles. The highest BCUT2D eigenvalue weighted by Gasteiger charge is 2.38. The summed E-state index contributed by atoms with van der Waals surface area (Å²) >= 11 is 0. The van der Waals surface area contributed by atoms with E-state index in [9.17, 15) is 8.42 Å². The molecular weight excluding hydrogens is 278 g/mol. The molecule has 0 saturated carbocycles. The van der Waals surface area contributed by atoms with Gasteiger partial charge < -0.3 is 14.8 Å². The predicted molar refractivity (Wildman–Crippen MR) is 76.9 cm³/mol. The highest BCUT2D eigenvalue weighted by atomic mass is 32.2. The van der Waals surface area contributed by atoms with Gasteiger partial charge in [-0.3, -0.25) is 0 Å². The van der Waals surface area contributed by atoms with Crippen molar-refractivity contribution in [3.05, 3.63) is 24.3 Å². The Hall–Kier alpha value is -1.11. The molecule has 2 atom stereocenters. The largest absolute Gasteiger partial charge is 0.495 e. The summed E-state index contributed by atoms with van der Waals surface area (Å²) < 4.78 is 36.3. The number of ether oxygens (including phenoxy) is 2. The summed E-state index contributed by atoms with van der Waals surface area (Å²) in [7, 11) is -2.01. The number of hydrogen-bond donors (Lipinski definition) is 1. The molecule has 2 rings (SSSR count). The van der Waals surface area contributed by atoms with E-state index in [0.717, 1.165) is 6.54 Å². The lowest BCUT2D eigenvalue weighted by atomic mass is 10.1. The van der Waals surface area contributed by atoms with Crippen molar-refractivity contribution in [1.82, 2.24) is 5.32 Å². The van der Waals surface area contributed by atoms with E-state index in [-0.39, 0.29) is 17.5 Å². The number of rotatable bonds is 5. The van der Waals surface area contributed by atoms with Crippen LogP contribution in [0.4, 0.5) is 0 Å². The average molecular weight is 299 g/mol. The van der Waals surface area contributed by atoms with Crippen LogP contribution in [-0.4, -0.2) is 46.6 Å². The number of benzene rings is 1. The van der Waals surface area contributed by atoms with Crippen LogP contribution in [0.2, 0.25) is 0 Å². The first kappa shape index (κ1) is 15.3. The van der Waals surface area contributed by atoms with Gasteiger partial charge in [-0.2, -0.15) is 0 Å². The van der Waals surface area contributed by atoms with Crippen LogP contribution >= 0.6 is 0 Å². The van der Waals surface area contributed by atoms with Gasteiger partial charge in [0.1, 0.15) is 15.9 Å². The molecule has 20 heavy (non-hydrogen) atoms. The molecule has 0 spiro atoms. The van der Waals surface area contributed by atoms with E-state index < -0.39 is 15.1 Å².